The zero-order valence-corrected chi connectivity index (χ0v) is 18.4. The van der Waals surface area contributed by atoms with Gasteiger partial charge in [-0.3, -0.25) is 9.48 Å². The number of aryl methyl sites for hydroxylation is 2. The van der Waals surface area contributed by atoms with Gasteiger partial charge < -0.3 is 10.1 Å². The summed E-state index contributed by atoms with van der Waals surface area (Å²) < 4.78 is 7.69. The van der Waals surface area contributed by atoms with Gasteiger partial charge in [-0.05, 0) is 54.3 Å². The van der Waals surface area contributed by atoms with E-state index in [1.807, 2.05) is 47.3 Å². The summed E-state index contributed by atoms with van der Waals surface area (Å²) in [5.74, 6) is 0.646. The Bertz CT molecular complexity index is 1200. The third kappa shape index (κ3) is 5.64. The minimum atomic E-state index is -0.172. The summed E-state index contributed by atoms with van der Waals surface area (Å²) in [6.07, 6.45) is 4.51. The van der Waals surface area contributed by atoms with Gasteiger partial charge in [0.1, 0.15) is 12.4 Å². The van der Waals surface area contributed by atoms with Gasteiger partial charge in [0, 0.05) is 11.8 Å². The van der Waals surface area contributed by atoms with Gasteiger partial charge in [-0.25, -0.2) is 0 Å². The molecule has 1 amide bonds. The molecule has 0 unspecified atom stereocenters. The highest BCUT2D eigenvalue weighted by Crippen LogP contribution is 2.16. The molecule has 0 fully saturated rings. The molecule has 32 heavy (non-hydrogen) atoms. The van der Waals surface area contributed by atoms with Gasteiger partial charge in [0.25, 0.3) is 5.91 Å². The predicted octanol–water partition coefficient (Wildman–Crippen LogP) is 5.63. The number of hydrogen-bond acceptors (Lipinski definition) is 3. The average Bonchev–Trinajstić information content (AvgIpc) is 3.24. The van der Waals surface area contributed by atoms with Gasteiger partial charge >= 0.3 is 0 Å². The van der Waals surface area contributed by atoms with Gasteiger partial charge in [-0.1, -0.05) is 61.0 Å². The van der Waals surface area contributed by atoms with Crippen LogP contribution in [0.4, 0.5) is 5.69 Å². The number of carbonyl (C=O) groups is 1. The first kappa shape index (κ1) is 21.4. The van der Waals surface area contributed by atoms with Gasteiger partial charge in [0.2, 0.25) is 0 Å². The molecular weight excluding hydrogens is 398 g/mol. The number of carbonyl (C=O) groups excluding carboxylic acids is 1. The maximum atomic E-state index is 12.7. The number of aromatic nitrogens is 2. The molecule has 1 aromatic heterocycles. The summed E-state index contributed by atoms with van der Waals surface area (Å²) in [4.78, 5) is 12.7. The molecule has 1 N–H and O–H groups in total. The first-order valence-electron chi connectivity index (χ1n) is 10.8. The molecule has 4 aromatic rings. The van der Waals surface area contributed by atoms with E-state index in [0.717, 1.165) is 17.7 Å². The van der Waals surface area contributed by atoms with Gasteiger partial charge in [-0.2, -0.15) is 5.10 Å². The Hall–Kier alpha value is -3.86. The highest BCUT2D eigenvalue weighted by molar-refractivity contribution is 6.04. The summed E-state index contributed by atoms with van der Waals surface area (Å²) in [6.45, 7) is 5.26. The van der Waals surface area contributed by atoms with E-state index in [1.54, 1.807) is 12.3 Å². The van der Waals surface area contributed by atoms with Gasteiger partial charge in [-0.15, -0.1) is 0 Å². The lowest BCUT2D eigenvalue weighted by Gasteiger charge is -2.09. The summed E-state index contributed by atoms with van der Waals surface area (Å²) in [5, 5.41) is 7.29. The number of benzene rings is 3. The Kier molecular flexibility index (Phi) is 6.66. The Morgan fingerprint density at radius 2 is 1.75 bits per heavy atom. The zero-order chi connectivity index (χ0) is 22.3. The van der Waals surface area contributed by atoms with Crippen LogP contribution in [0.15, 0.2) is 85.2 Å². The molecule has 5 nitrogen and oxygen atoms in total. The van der Waals surface area contributed by atoms with Crippen LogP contribution in [0.5, 0.6) is 5.75 Å². The molecule has 0 aliphatic rings. The van der Waals surface area contributed by atoms with Crippen molar-refractivity contribution in [1.29, 1.82) is 0 Å². The van der Waals surface area contributed by atoms with Crippen LogP contribution in [-0.4, -0.2) is 15.7 Å². The van der Waals surface area contributed by atoms with Crippen LogP contribution in [0, 0.1) is 6.92 Å². The largest absolute Gasteiger partial charge is 0.489 e. The van der Waals surface area contributed by atoms with Crippen molar-refractivity contribution in [2.75, 3.05) is 5.32 Å². The Morgan fingerprint density at radius 3 is 2.53 bits per heavy atom. The second kappa shape index (κ2) is 9.96. The zero-order valence-electron chi connectivity index (χ0n) is 18.4. The summed E-state index contributed by atoms with van der Waals surface area (Å²) in [6, 6.07) is 23.9. The van der Waals surface area contributed by atoms with Crippen molar-refractivity contribution in [3.8, 4) is 5.75 Å². The van der Waals surface area contributed by atoms with Crippen LogP contribution in [0.3, 0.4) is 0 Å². The first-order chi connectivity index (χ1) is 15.6. The lowest BCUT2D eigenvalue weighted by Crippen LogP contribution is -2.12. The monoisotopic (exact) mass is 425 g/mol. The van der Waals surface area contributed by atoms with Crippen LogP contribution in [0.1, 0.15) is 39.5 Å². The molecular formula is C27H27N3O2. The van der Waals surface area contributed by atoms with Crippen molar-refractivity contribution in [3.63, 3.8) is 0 Å². The predicted molar refractivity (Wildman–Crippen MR) is 127 cm³/mol. The fourth-order valence-electron chi connectivity index (χ4n) is 3.51. The molecule has 0 saturated carbocycles. The Balaban J connectivity index is 1.36. The molecule has 0 bridgehead atoms. The van der Waals surface area contributed by atoms with Crippen molar-refractivity contribution in [2.24, 2.45) is 0 Å². The van der Waals surface area contributed by atoms with Crippen molar-refractivity contribution < 1.29 is 9.53 Å². The van der Waals surface area contributed by atoms with E-state index in [0.29, 0.717) is 24.4 Å². The normalized spacial score (nSPS) is 10.7. The fourth-order valence-corrected chi connectivity index (χ4v) is 3.51. The lowest BCUT2D eigenvalue weighted by atomic mass is 10.1. The van der Waals surface area contributed by atoms with E-state index >= 15 is 0 Å². The quantitative estimate of drug-likeness (QED) is 0.398. The third-order valence-electron chi connectivity index (χ3n) is 5.24. The molecule has 0 spiro atoms. The number of ether oxygens (including phenoxy) is 1. The summed E-state index contributed by atoms with van der Waals surface area (Å²) in [7, 11) is 0. The lowest BCUT2D eigenvalue weighted by molar-refractivity contribution is 0.102. The number of anilines is 1. The van der Waals surface area contributed by atoms with E-state index in [1.165, 1.54) is 16.7 Å². The van der Waals surface area contributed by atoms with E-state index in [4.69, 9.17) is 4.74 Å². The SMILES string of the molecule is CCc1ccc(OCc2cccc(C(=O)Nc3cnn(Cc4cccc(C)c4)c3)c2)cc1. The molecule has 5 heteroatoms. The van der Waals surface area contributed by atoms with Crippen LogP contribution in [0.2, 0.25) is 0 Å². The van der Waals surface area contributed by atoms with E-state index in [2.05, 4.69) is 54.6 Å². The summed E-state index contributed by atoms with van der Waals surface area (Å²) >= 11 is 0. The third-order valence-corrected chi connectivity index (χ3v) is 5.24. The molecule has 0 radical (unpaired) electrons. The molecule has 3 aromatic carbocycles. The van der Waals surface area contributed by atoms with Gasteiger partial charge in [0.05, 0.1) is 18.4 Å². The highest BCUT2D eigenvalue weighted by atomic mass is 16.5. The molecule has 1 heterocycles. The molecule has 0 atom stereocenters. The van der Waals surface area contributed by atoms with E-state index in [9.17, 15) is 4.79 Å². The average molecular weight is 426 g/mol. The topological polar surface area (TPSA) is 56.1 Å². The smallest absolute Gasteiger partial charge is 0.255 e. The molecule has 0 aliphatic carbocycles. The maximum Gasteiger partial charge on any atom is 0.255 e. The Morgan fingerprint density at radius 1 is 0.969 bits per heavy atom. The molecule has 162 valence electrons. The standard InChI is InChI=1S/C27H27N3O2/c1-3-21-10-12-26(13-11-21)32-19-23-8-5-9-24(15-23)27(31)29-25-16-28-30(18-25)17-22-7-4-6-20(2)14-22/h4-16,18H,3,17,19H2,1-2H3,(H,29,31). The molecule has 4 rings (SSSR count). The van der Waals surface area contributed by atoms with Crippen LogP contribution in [-0.2, 0) is 19.6 Å². The highest BCUT2D eigenvalue weighted by Gasteiger charge is 2.09. The van der Waals surface area contributed by atoms with E-state index in [-0.39, 0.29) is 5.91 Å². The number of rotatable bonds is 8. The summed E-state index contributed by atoms with van der Waals surface area (Å²) in [5.41, 5.74) is 5.85. The van der Waals surface area contributed by atoms with Crippen molar-refractivity contribution in [1.82, 2.24) is 9.78 Å². The van der Waals surface area contributed by atoms with Crippen LogP contribution < -0.4 is 10.1 Å². The maximum absolute atomic E-state index is 12.7. The van der Waals surface area contributed by atoms with Crippen molar-refractivity contribution in [3.05, 3.63) is 113 Å². The fraction of sp³-hybridized carbons (Fsp3) is 0.185. The second-order valence-corrected chi connectivity index (χ2v) is 7.86. The Labute approximate surface area is 188 Å². The van der Waals surface area contributed by atoms with Gasteiger partial charge in [0.15, 0.2) is 0 Å². The number of nitrogens with one attached hydrogen (secondary N) is 1. The van der Waals surface area contributed by atoms with E-state index < -0.39 is 0 Å². The van der Waals surface area contributed by atoms with Crippen molar-refractivity contribution >= 4 is 11.6 Å². The number of amides is 1. The van der Waals surface area contributed by atoms with Crippen LogP contribution in [0.25, 0.3) is 0 Å². The number of hydrogen-bond donors (Lipinski definition) is 1. The number of nitrogens with zero attached hydrogens (tertiary/aromatic N) is 2. The molecule has 0 aliphatic heterocycles. The first-order valence-corrected chi connectivity index (χ1v) is 10.8. The van der Waals surface area contributed by atoms with Crippen LogP contribution >= 0.6 is 0 Å². The van der Waals surface area contributed by atoms with Crippen molar-refractivity contribution in [2.45, 2.75) is 33.4 Å². The molecule has 0 saturated heterocycles. The second-order valence-electron chi connectivity index (χ2n) is 7.86. The minimum Gasteiger partial charge on any atom is -0.489 e. The minimum absolute atomic E-state index is 0.172.